The molecule has 2 rings (SSSR count). The van der Waals surface area contributed by atoms with Gasteiger partial charge in [-0.1, -0.05) is 34.1 Å². The van der Waals surface area contributed by atoms with Crippen LogP contribution in [0.15, 0.2) is 46.9 Å². The van der Waals surface area contributed by atoms with Gasteiger partial charge < -0.3 is 10.5 Å². The summed E-state index contributed by atoms with van der Waals surface area (Å²) in [5.74, 6) is 0.761. The summed E-state index contributed by atoms with van der Waals surface area (Å²) in [6.07, 6.45) is 0. The maximum Gasteiger partial charge on any atom is 0.125 e. The van der Waals surface area contributed by atoms with Gasteiger partial charge in [0, 0.05) is 16.1 Å². The molecule has 0 aliphatic heterocycles. The van der Waals surface area contributed by atoms with Gasteiger partial charge >= 0.3 is 0 Å². The van der Waals surface area contributed by atoms with Gasteiger partial charge in [0.2, 0.25) is 0 Å². The summed E-state index contributed by atoms with van der Waals surface area (Å²) in [5, 5.41) is 8.89. The molecule has 3 nitrogen and oxygen atoms in total. The van der Waals surface area contributed by atoms with Crippen LogP contribution in [0.4, 0.5) is 0 Å². The van der Waals surface area contributed by atoms with E-state index in [2.05, 4.69) is 22.0 Å². The fourth-order valence-corrected chi connectivity index (χ4v) is 2.24. The van der Waals surface area contributed by atoms with Crippen molar-refractivity contribution in [3.05, 3.63) is 63.6 Å². The number of benzene rings is 2. The average molecular weight is 331 g/mol. The molecule has 4 heteroatoms. The summed E-state index contributed by atoms with van der Waals surface area (Å²) in [7, 11) is 0. The third-order valence-corrected chi connectivity index (χ3v) is 3.41. The molecule has 0 aromatic heterocycles. The van der Waals surface area contributed by atoms with Crippen LogP contribution in [-0.2, 0) is 6.61 Å². The predicted octanol–water partition coefficient (Wildman–Crippen LogP) is 3.92. The maximum absolute atomic E-state index is 8.89. The van der Waals surface area contributed by atoms with Crippen molar-refractivity contribution in [1.29, 1.82) is 5.26 Å². The first-order valence-corrected chi connectivity index (χ1v) is 7.06. The van der Waals surface area contributed by atoms with Crippen molar-refractivity contribution in [3.8, 4) is 11.8 Å². The number of ether oxygens (including phenoxy) is 1. The zero-order valence-electron chi connectivity index (χ0n) is 11.1. The largest absolute Gasteiger partial charge is 0.489 e. The molecule has 0 aliphatic rings. The Hall–Kier alpha value is -1.83. The van der Waals surface area contributed by atoms with E-state index in [-0.39, 0.29) is 6.04 Å². The second-order valence-corrected chi connectivity index (χ2v) is 5.49. The van der Waals surface area contributed by atoms with E-state index < -0.39 is 0 Å². The molecule has 0 unspecified atom stereocenters. The fraction of sp³-hybridized carbons (Fsp3) is 0.188. The lowest BCUT2D eigenvalue weighted by Gasteiger charge is -2.14. The highest BCUT2D eigenvalue weighted by Gasteiger charge is 2.09. The van der Waals surface area contributed by atoms with E-state index in [1.165, 1.54) is 0 Å². The van der Waals surface area contributed by atoms with Crippen LogP contribution in [0.5, 0.6) is 5.75 Å². The highest BCUT2D eigenvalue weighted by atomic mass is 79.9. The Morgan fingerprint density at radius 2 is 2.10 bits per heavy atom. The molecule has 102 valence electrons. The Morgan fingerprint density at radius 1 is 1.30 bits per heavy atom. The second kappa shape index (κ2) is 6.56. The number of hydrogen-bond acceptors (Lipinski definition) is 3. The van der Waals surface area contributed by atoms with Crippen molar-refractivity contribution >= 4 is 15.9 Å². The van der Waals surface area contributed by atoms with E-state index in [1.807, 2.05) is 43.3 Å². The van der Waals surface area contributed by atoms with Crippen LogP contribution >= 0.6 is 15.9 Å². The Bertz CT molecular complexity index is 647. The minimum atomic E-state index is -0.0939. The van der Waals surface area contributed by atoms with Crippen LogP contribution in [0.1, 0.15) is 29.7 Å². The number of halogens is 1. The van der Waals surface area contributed by atoms with Crippen LogP contribution in [0.25, 0.3) is 0 Å². The Balaban J connectivity index is 2.18. The summed E-state index contributed by atoms with van der Waals surface area (Å²) >= 11 is 3.43. The SMILES string of the molecule is C[C@H](N)c1ccc(Br)cc1OCc1cccc(C#N)c1. The molecule has 0 radical (unpaired) electrons. The quantitative estimate of drug-likeness (QED) is 0.924. The average Bonchev–Trinajstić information content (AvgIpc) is 2.45. The monoisotopic (exact) mass is 330 g/mol. The molecule has 0 fully saturated rings. The highest BCUT2D eigenvalue weighted by Crippen LogP contribution is 2.28. The van der Waals surface area contributed by atoms with E-state index in [9.17, 15) is 0 Å². The van der Waals surface area contributed by atoms with Crippen LogP contribution in [0, 0.1) is 11.3 Å². The lowest BCUT2D eigenvalue weighted by atomic mass is 10.1. The molecule has 0 bridgehead atoms. The van der Waals surface area contributed by atoms with E-state index >= 15 is 0 Å². The van der Waals surface area contributed by atoms with Gasteiger partial charge in [-0.3, -0.25) is 0 Å². The molecular weight excluding hydrogens is 316 g/mol. The van der Waals surface area contributed by atoms with Gasteiger partial charge in [0.1, 0.15) is 12.4 Å². The molecule has 0 spiro atoms. The Labute approximate surface area is 127 Å². The first-order chi connectivity index (χ1) is 9.60. The van der Waals surface area contributed by atoms with E-state index in [0.717, 1.165) is 21.3 Å². The summed E-state index contributed by atoms with van der Waals surface area (Å²) < 4.78 is 6.79. The predicted molar refractivity (Wildman–Crippen MR) is 82.2 cm³/mol. The normalized spacial score (nSPS) is 11.7. The van der Waals surface area contributed by atoms with Gasteiger partial charge in [0.15, 0.2) is 0 Å². The van der Waals surface area contributed by atoms with Gasteiger partial charge in [0.05, 0.1) is 11.6 Å². The highest BCUT2D eigenvalue weighted by molar-refractivity contribution is 9.10. The topological polar surface area (TPSA) is 59.0 Å². The van der Waals surface area contributed by atoms with Gasteiger partial charge in [-0.15, -0.1) is 0 Å². The Morgan fingerprint density at radius 3 is 2.80 bits per heavy atom. The van der Waals surface area contributed by atoms with Crippen LogP contribution in [0.3, 0.4) is 0 Å². The van der Waals surface area contributed by atoms with E-state index in [0.29, 0.717) is 12.2 Å². The minimum Gasteiger partial charge on any atom is -0.489 e. The fourth-order valence-electron chi connectivity index (χ4n) is 1.90. The minimum absolute atomic E-state index is 0.0939. The smallest absolute Gasteiger partial charge is 0.125 e. The third-order valence-electron chi connectivity index (χ3n) is 2.92. The number of nitrogens with zero attached hydrogens (tertiary/aromatic N) is 1. The molecule has 1 atom stereocenters. The molecule has 2 aromatic rings. The van der Waals surface area contributed by atoms with Gasteiger partial charge in [0.25, 0.3) is 0 Å². The first-order valence-electron chi connectivity index (χ1n) is 6.27. The number of nitriles is 1. The van der Waals surface area contributed by atoms with E-state index in [4.69, 9.17) is 15.7 Å². The summed E-state index contributed by atoms with van der Waals surface area (Å²) in [6, 6.07) is 15.2. The summed E-state index contributed by atoms with van der Waals surface area (Å²) in [4.78, 5) is 0. The molecular formula is C16H15BrN2O. The van der Waals surface area contributed by atoms with Crippen molar-refractivity contribution in [2.45, 2.75) is 19.6 Å². The van der Waals surface area contributed by atoms with Crippen molar-refractivity contribution in [3.63, 3.8) is 0 Å². The lowest BCUT2D eigenvalue weighted by molar-refractivity contribution is 0.301. The molecule has 0 aliphatic carbocycles. The molecule has 0 saturated heterocycles. The third kappa shape index (κ3) is 3.60. The molecule has 2 N–H and O–H groups in total. The maximum atomic E-state index is 8.89. The lowest BCUT2D eigenvalue weighted by Crippen LogP contribution is -2.08. The number of rotatable bonds is 4. The summed E-state index contributed by atoms with van der Waals surface area (Å²) in [6.45, 7) is 2.33. The molecule has 0 heterocycles. The van der Waals surface area contributed by atoms with Crippen LogP contribution in [-0.4, -0.2) is 0 Å². The standard InChI is InChI=1S/C16H15BrN2O/c1-11(19)15-6-5-14(17)8-16(15)20-10-13-4-2-3-12(7-13)9-18/h2-8,11H,10,19H2,1H3/t11-/m0/s1. The Kier molecular flexibility index (Phi) is 4.78. The zero-order valence-corrected chi connectivity index (χ0v) is 12.7. The molecule has 0 amide bonds. The molecule has 2 aromatic carbocycles. The van der Waals surface area contributed by atoms with Gasteiger partial charge in [-0.2, -0.15) is 5.26 Å². The van der Waals surface area contributed by atoms with Crippen molar-refractivity contribution in [1.82, 2.24) is 0 Å². The number of hydrogen-bond donors (Lipinski definition) is 1. The second-order valence-electron chi connectivity index (χ2n) is 4.57. The van der Waals surface area contributed by atoms with Crippen molar-refractivity contribution < 1.29 is 4.74 Å². The molecule has 20 heavy (non-hydrogen) atoms. The van der Waals surface area contributed by atoms with E-state index in [1.54, 1.807) is 6.07 Å². The van der Waals surface area contributed by atoms with Crippen LogP contribution < -0.4 is 10.5 Å². The van der Waals surface area contributed by atoms with Crippen molar-refractivity contribution in [2.75, 3.05) is 0 Å². The van der Waals surface area contributed by atoms with Gasteiger partial charge in [-0.05, 0) is 36.8 Å². The zero-order chi connectivity index (χ0) is 14.5. The summed E-state index contributed by atoms with van der Waals surface area (Å²) in [5.41, 5.74) is 8.49. The molecule has 0 saturated carbocycles. The number of nitrogens with two attached hydrogens (primary N) is 1. The van der Waals surface area contributed by atoms with Gasteiger partial charge in [-0.25, -0.2) is 0 Å². The first kappa shape index (κ1) is 14.6. The van der Waals surface area contributed by atoms with Crippen LogP contribution in [0.2, 0.25) is 0 Å². The van der Waals surface area contributed by atoms with Crippen molar-refractivity contribution in [2.24, 2.45) is 5.73 Å².